The van der Waals surface area contributed by atoms with Crippen LogP contribution in [0.3, 0.4) is 0 Å². The van der Waals surface area contributed by atoms with Crippen LogP contribution in [0.25, 0.3) is 5.57 Å². The Morgan fingerprint density at radius 1 is 1.62 bits per heavy atom. The molecule has 0 spiro atoms. The Bertz CT molecular complexity index is 379. The lowest BCUT2D eigenvalue weighted by molar-refractivity contribution is 0.624. The largest absolute Gasteiger partial charge is 0.206 e. The third kappa shape index (κ3) is 2.07. The van der Waals surface area contributed by atoms with Crippen LogP contribution in [0.5, 0.6) is 0 Å². The lowest BCUT2D eigenvalue weighted by atomic mass is 10.1. The van der Waals surface area contributed by atoms with Gasteiger partial charge in [-0.2, -0.15) is 5.26 Å². The number of nitrogens with zero attached hydrogens (tertiary/aromatic N) is 1. The predicted molar refractivity (Wildman–Crippen MR) is 50.9 cm³/mol. The molecule has 0 aliphatic heterocycles. The number of allylic oxidation sites excluding steroid dienone is 1. The van der Waals surface area contributed by atoms with E-state index < -0.39 is 5.82 Å². The van der Waals surface area contributed by atoms with Crippen LogP contribution in [0, 0.1) is 17.1 Å². The van der Waals surface area contributed by atoms with Crippen molar-refractivity contribution in [1.82, 2.24) is 0 Å². The van der Waals surface area contributed by atoms with Crippen LogP contribution in [0.2, 0.25) is 0 Å². The van der Waals surface area contributed by atoms with Gasteiger partial charge in [-0.1, -0.05) is 12.6 Å². The Morgan fingerprint density at radius 3 is 2.85 bits per heavy atom. The molecule has 1 aromatic carbocycles. The Labute approximate surface area is 81.1 Å². The first kappa shape index (κ1) is 9.76. The van der Waals surface area contributed by atoms with E-state index in [0.717, 1.165) is 0 Å². The molecule has 0 heterocycles. The number of rotatable bonds is 2. The highest BCUT2D eigenvalue weighted by atomic mass is 35.5. The monoisotopic (exact) mass is 195 g/mol. The summed E-state index contributed by atoms with van der Waals surface area (Å²) in [7, 11) is 0. The van der Waals surface area contributed by atoms with Crippen LogP contribution >= 0.6 is 11.6 Å². The molecule has 0 fully saturated rings. The van der Waals surface area contributed by atoms with Gasteiger partial charge < -0.3 is 0 Å². The van der Waals surface area contributed by atoms with E-state index in [9.17, 15) is 4.39 Å². The third-order valence-electron chi connectivity index (χ3n) is 1.66. The van der Waals surface area contributed by atoms with Gasteiger partial charge in [-0.15, -0.1) is 11.6 Å². The number of halogens is 2. The summed E-state index contributed by atoms with van der Waals surface area (Å²) in [5.74, 6) is -0.245. The zero-order valence-corrected chi connectivity index (χ0v) is 7.61. The summed E-state index contributed by atoms with van der Waals surface area (Å²) in [4.78, 5) is 0. The molecule has 13 heavy (non-hydrogen) atoms. The number of alkyl halides is 1. The van der Waals surface area contributed by atoms with E-state index in [1.807, 2.05) is 0 Å². The van der Waals surface area contributed by atoms with E-state index in [-0.39, 0.29) is 11.4 Å². The molecule has 0 aliphatic rings. The maximum Gasteiger partial charge on any atom is 0.140 e. The average molecular weight is 196 g/mol. The van der Waals surface area contributed by atoms with Gasteiger partial charge >= 0.3 is 0 Å². The van der Waals surface area contributed by atoms with E-state index in [4.69, 9.17) is 16.9 Å². The smallest absolute Gasteiger partial charge is 0.140 e. The summed E-state index contributed by atoms with van der Waals surface area (Å²) >= 11 is 5.55. The normalized spacial score (nSPS) is 9.31. The maximum atomic E-state index is 12.9. The molecule has 1 aromatic rings. The highest BCUT2D eigenvalue weighted by Crippen LogP contribution is 2.17. The zero-order valence-electron chi connectivity index (χ0n) is 6.85. The molecule has 66 valence electrons. The van der Waals surface area contributed by atoms with Crippen molar-refractivity contribution in [3.63, 3.8) is 0 Å². The van der Waals surface area contributed by atoms with E-state index in [2.05, 4.69) is 6.58 Å². The first-order chi connectivity index (χ1) is 6.19. The molecule has 0 aromatic heterocycles. The second-order valence-electron chi connectivity index (χ2n) is 2.54. The molecule has 0 aliphatic carbocycles. The highest BCUT2D eigenvalue weighted by molar-refractivity contribution is 6.23. The fourth-order valence-electron chi connectivity index (χ4n) is 0.908. The topological polar surface area (TPSA) is 23.8 Å². The average Bonchev–Trinajstić information content (AvgIpc) is 2.17. The number of hydrogen-bond acceptors (Lipinski definition) is 1. The van der Waals surface area contributed by atoms with Gasteiger partial charge in [0.2, 0.25) is 0 Å². The van der Waals surface area contributed by atoms with Crippen LogP contribution in [0.4, 0.5) is 4.39 Å². The van der Waals surface area contributed by atoms with Crippen molar-refractivity contribution in [2.45, 2.75) is 0 Å². The van der Waals surface area contributed by atoms with Crippen LogP contribution in [-0.2, 0) is 0 Å². The molecule has 0 saturated heterocycles. The van der Waals surface area contributed by atoms with Crippen molar-refractivity contribution < 1.29 is 4.39 Å². The molecule has 0 atom stereocenters. The molecule has 1 rings (SSSR count). The SMILES string of the molecule is C=C(CCl)c1ccc(F)c(C#N)c1. The van der Waals surface area contributed by atoms with Gasteiger partial charge in [0, 0.05) is 5.88 Å². The number of nitriles is 1. The lowest BCUT2D eigenvalue weighted by Crippen LogP contribution is -1.89. The van der Waals surface area contributed by atoms with Gasteiger partial charge in [-0.25, -0.2) is 4.39 Å². The van der Waals surface area contributed by atoms with E-state index in [0.29, 0.717) is 11.1 Å². The minimum absolute atomic E-state index is 0.0174. The summed E-state index contributed by atoms with van der Waals surface area (Å²) in [5, 5.41) is 8.54. The van der Waals surface area contributed by atoms with Crippen molar-refractivity contribution >= 4 is 17.2 Å². The standard InChI is InChI=1S/C10H7ClFN/c1-7(5-11)8-2-3-10(12)9(4-8)6-13/h2-4H,1,5H2. The van der Waals surface area contributed by atoms with Gasteiger partial charge in [0.05, 0.1) is 5.56 Å². The number of hydrogen-bond donors (Lipinski definition) is 0. The molecule has 0 amide bonds. The first-order valence-electron chi connectivity index (χ1n) is 3.62. The lowest BCUT2D eigenvalue weighted by Gasteiger charge is -2.01. The van der Waals surface area contributed by atoms with Gasteiger partial charge in [-0.3, -0.25) is 0 Å². The van der Waals surface area contributed by atoms with Gasteiger partial charge in [0.15, 0.2) is 0 Å². The summed E-state index contributed by atoms with van der Waals surface area (Å²) in [6.07, 6.45) is 0. The second kappa shape index (κ2) is 4.06. The second-order valence-corrected chi connectivity index (χ2v) is 2.81. The van der Waals surface area contributed by atoms with Gasteiger partial charge in [0.25, 0.3) is 0 Å². The van der Waals surface area contributed by atoms with Crippen LogP contribution < -0.4 is 0 Å². The van der Waals surface area contributed by atoms with Crippen LogP contribution in [0.15, 0.2) is 24.8 Å². The molecule has 0 saturated carbocycles. The molecule has 0 radical (unpaired) electrons. The van der Waals surface area contributed by atoms with Crippen molar-refractivity contribution in [3.8, 4) is 6.07 Å². The Hall–Kier alpha value is -1.33. The van der Waals surface area contributed by atoms with Crippen LogP contribution in [0.1, 0.15) is 11.1 Å². The predicted octanol–water partition coefficient (Wildman–Crippen LogP) is 2.95. The van der Waals surface area contributed by atoms with Crippen molar-refractivity contribution in [3.05, 3.63) is 41.7 Å². The van der Waals surface area contributed by atoms with Gasteiger partial charge in [-0.05, 0) is 23.3 Å². The fraction of sp³-hybridized carbons (Fsp3) is 0.100. The fourth-order valence-corrected chi connectivity index (χ4v) is 1.06. The van der Waals surface area contributed by atoms with Crippen LogP contribution in [-0.4, -0.2) is 5.88 Å². The Balaban J connectivity index is 3.15. The van der Waals surface area contributed by atoms with E-state index in [1.54, 1.807) is 12.1 Å². The quantitative estimate of drug-likeness (QED) is 0.666. The van der Waals surface area contributed by atoms with E-state index in [1.165, 1.54) is 12.1 Å². The molecule has 0 unspecified atom stereocenters. The number of benzene rings is 1. The Kier molecular flexibility index (Phi) is 3.05. The van der Waals surface area contributed by atoms with E-state index >= 15 is 0 Å². The Morgan fingerprint density at radius 2 is 2.31 bits per heavy atom. The summed E-state index contributed by atoms with van der Waals surface area (Å²) in [5.41, 5.74) is 1.40. The molecule has 3 heteroatoms. The van der Waals surface area contributed by atoms with Gasteiger partial charge in [0.1, 0.15) is 11.9 Å². The zero-order chi connectivity index (χ0) is 9.84. The summed E-state index contributed by atoms with van der Waals surface area (Å²) in [6.45, 7) is 3.68. The summed E-state index contributed by atoms with van der Waals surface area (Å²) in [6, 6.07) is 6.00. The molecular weight excluding hydrogens is 189 g/mol. The first-order valence-corrected chi connectivity index (χ1v) is 4.16. The molecule has 0 bridgehead atoms. The highest BCUT2D eigenvalue weighted by Gasteiger charge is 2.03. The minimum Gasteiger partial charge on any atom is -0.206 e. The maximum absolute atomic E-state index is 12.9. The van der Waals surface area contributed by atoms with Crippen molar-refractivity contribution in [2.24, 2.45) is 0 Å². The van der Waals surface area contributed by atoms with Crippen molar-refractivity contribution in [1.29, 1.82) is 5.26 Å². The third-order valence-corrected chi connectivity index (χ3v) is 1.98. The van der Waals surface area contributed by atoms with Crippen molar-refractivity contribution in [2.75, 3.05) is 5.88 Å². The minimum atomic E-state index is -0.520. The molecule has 1 nitrogen and oxygen atoms in total. The molecule has 0 N–H and O–H groups in total. The molecular formula is C10H7ClFN. The summed E-state index contributed by atoms with van der Waals surface area (Å²) < 4.78 is 12.9.